The summed E-state index contributed by atoms with van der Waals surface area (Å²) in [4.78, 5) is 4.55. The van der Waals surface area contributed by atoms with Crippen molar-refractivity contribution in [2.45, 2.75) is 20.8 Å². The van der Waals surface area contributed by atoms with Crippen LogP contribution in [-0.4, -0.2) is 46.5 Å². The fraction of sp³-hybridized carbons (Fsp3) is 0.321. The van der Waals surface area contributed by atoms with Crippen molar-refractivity contribution < 1.29 is 0 Å². The Balaban J connectivity index is 1.61. The molecule has 0 fully saturated rings. The summed E-state index contributed by atoms with van der Waals surface area (Å²) in [6, 6.07) is 25.2. The van der Waals surface area contributed by atoms with Crippen molar-refractivity contribution in [1.29, 1.82) is 0 Å². The van der Waals surface area contributed by atoms with Crippen molar-refractivity contribution in [3.63, 3.8) is 0 Å². The highest BCUT2D eigenvalue weighted by molar-refractivity contribution is 5.88. The zero-order valence-electron chi connectivity index (χ0n) is 21.3. The van der Waals surface area contributed by atoms with Gasteiger partial charge in [-0.1, -0.05) is 12.1 Å². The lowest BCUT2D eigenvalue weighted by Crippen LogP contribution is -2.26. The lowest BCUT2D eigenvalue weighted by Gasteiger charge is -2.23. The Morgan fingerprint density at radius 3 is 1.91 bits per heavy atom. The highest BCUT2D eigenvalue weighted by Crippen LogP contribution is 2.25. The second kappa shape index (κ2) is 12.0. The van der Waals surface area contributed by atoms with Gasteiger partial charge < -0.3 is 20.4 Å². The van der Waals surface area contributed by atoms with Gasteiger partial charge in [-0.05, 0) is 81.4 Å². The molecule has 0 aliphatic carbocycles. The molecular formula is C28H38N6. The molecule has 6 nitrogen and oxygen atoms in total. The average Bonchev–Trinajstić information content (AvgIpc) is 2.86. The number of anilines is 6. The standard InChI is InChI=1S/C28H38N6/c1-7-34(8-2)26-19-15-24(16-20-26)30-23-13-17-25(18-14-23)33(6)31-22(3)21-32(5)28-12-10-9-11-27(28)29-4/h9-20,29-30H,7-8,21H2,1-6H3/b31-22+. The monoisotopic (exact) mass is 458 g/mol. The molecule has 0 saturated heterocycles. The molecule has 0 heterocycles. The summed E-state index contributed by atoms with van der Waals surface area (Å²) in [6.07, 6.45) is 0. The quantitative estimate of drug-likeness (QED) is 0.262. The van der Waals surface area contributed by atoms with Crippen LogP contribution in [0.2, 0.25) is 0 Å². The summed E-state index contributed by atoms with van der Waals surface area (Å²) < 4.78 is 0. The number of rotatable bonds is 11. The van der Waals surface area contributed by atoms with Crippen molar-refractivity contribution in [3.8, 4) is 0 Å². The van der Waals surface area contributed by atoms with Gasteiger partial charge in [0.1, 0.15) is 0 Å². The van der Waals surface area contributed by atoms with E-state index >= 15 is 0 Å². The van der Waals surface area contributed by atoms with E-state index in [4.69, 9.17) is 5.10 Å². The maximum absolute atomic E-state index is 4.79. The normalized spacial score (nSPS) is 11.2. The van der Waals surface area contributed by atoms with E-state index in [1.807, 2.05) is 25.2 Å². The fourth-order valence-corrected chi connectivity index (χ4v) is 4.06. The number of hydrogen-bond donors (Lipinski definition) is 2. The summed E-state index contributed by atoms with van der Waals surface area (Å²) in [5.74, 6) is 0. The summed E-state index contributed by atoms with van der Waals surface area (Å²) in [7, 11) is 6.02. The van der Waals surface area contributed by atoms with Crippen LogP contribution in [0.1, 0.15) is 20.8 Å². The molecular weight excluding hydrogens is 420 g/mol. The second-order valence-corrected chi connectivity index (χ2v) is 8.37. The number of benzene rings is 3. The fourth-order valence-electron chi connectivity index (χ4n) is 4.06. The van der Waals surface area contributed by atoms with Gasteiger partial charge in [0.2, 0.25) is 0 Å². The Morgan fingerprint density at radius 1 is 0.794 bits per heavy atom. The highest BCUT2D eigenvalue weighted by Gasteiger charge is 2.08. The molecule has 0 spiro atoms. The molecule has 0 aliphatic heterocycles. The summed E-state index contributed by atoms with van der Waals surface area (Å²) >= 11 is 0. The van der Waals surface area contributed by atoms with Crippen LogP contribution in [0.15, 0.2) is 77.9 Å². The van der Waals surface area contributed by atoms with E-state index < -0.39 is 0 Å². The van der Waals surface area contributed by atoms with Gasteiger partial charge in [-0.2, -0.15) is 5.10 Å². The van der Waals surface area contributed by atoms with Crippen LogP contribution in [0.5, 0.6) is 0 Å². The van der Waals surface area contributed by atoms with Crippen LogP contribution >= 0.6 is 0 Å². The lowest BCUT2D eigenvalue weighted by molar-refractivity contribution is 0.866. The Labute approximate surface area is 204 Å². The first kappa shape index (κ1) is 25.0. The van der Waals surface area contributed by atoms with Crippen molar-refractivity contribution in [1.82, 2.24) is 0 Å². The number of para-hydroxylation sites is 2. The topological polar surface area (TPSA) is 46.1 Å². The van der Waals surface area contributed by atoms with Crippen LogP contribution in [0.4, 0.5) is 34.1 Å². The van der Waals surface area contributed by atoms with Crippen LogP contribution in [0, 0.1) is 0 Å². The maximum atomic E-state index is 4.79. The number of hydrogen-bond acceptors (Lipinski definition) is 6. The van der Waals surface area contributed by atoms with Gasteiger partial charge >= 0.3 is 0 Å². The number of nitrogens with one attached hydrogen (secondary N) is 2. The summed E-state index contributed by atoms with van der Waals surface area (Å²) in [5, 5.41) is 13.4. The van der Waals surface area contributed by atoms with E-state index in [1.165, 1.54) is 5.69 Å². The number of nitrogens with zero attached hydrogens (tertiary/aromatic N) is 4. The van der Waals surface area contributed by atoms with Crippen molar-refractivity contribution in [3.05, 3.63) is 72.8 Å². The predicted molar refractivity (Wildman–Crippen MR) is 150 cm³/mol. The van der Waals surface area contributed by atoms with E-state index in [2.05, 4.69) is 115 Å². The highest BCUT2D eigenvalue weighted by atomic mass is 15.4. The molecule has 2 N–H and O–H groups in total. The third-order valence-electron chi connectivity index (χ3n) is 5.90. The largest absolute Gasteiger partial charge is 0.386 e. The molecule has 0 aliphatic rings. The molecule has 0 amide bonds. The molecule has 0 radical (unpaired) electrons. The first-order valence-electron chi connectivity index (χ1n) is 11.9. The van der Waals surface area contributed by atoms with Gasteiger partial charge in [0.25, 0.3) is 0 Å². The Bertz CT molecular complexity index is 1060. The smallest absolute Gasteiger partial charge is 0.0602 e. The van der Waals surface area contributed by atoms with Gasteiger partial charge in [0, 0.05) is 51.3 Å². The van der Waals surface area contributed by atoms with Crippen LogP contribution in [0.3, 0.4) is 0 Å². The molecule has 0 bridgehead atoms. The van der Waals surface area contributed by atoms with Crippen molar-refractivity contribution in [2.24, 2.45) is 5.10 Å². The van der Waals surface area contributed by atoms with Crippen LogP contribution < -0.4 is 25.4 Å². The first-order chi connectivity index (χ1) is 16.4. The third-order valence-corrected chi connectivity index (χ3v) is 5.90. The Kier molecular flexibility index (Phi) is 8.79. The first-order valence-corrected chi connectivity index (χ1v) is 11.9. The van der Waals surface area contributed by atoms with E-state index in [1.54, 1.807) is 0 Å². The van der Waals surface area contributed by atoms with Gasteiger partial charge in [-0.15, -0.1) is 0 Å². The molecule has 34 heavy (non-hydrogen) atoms. The molecule has 0 aromatic heterocycles. The summed E-state index contributed by atoms with van der Waals surface area (Å²) in [6.45, 7) is 9.19. The third kappa shape index (κ3) is 6.44. The van der Waals surface area contributed by atoms with Crippen molar-refractivity contribution >= 4 is 39.8 Å². The lowest BCUT2D eigenvalue weighted by atomic mass is 10.2. The molecule has 3 aromatic rings. The van der Waals surface area contributed by atoms with E-state index in [-0.39, 0.29) is 0 Å². The van der Waals surface area contributed by atoms with Crippen LogP contribution in [-0.2, 0) is 0 Å². The maximum Gasteiger partial charge on any atom is 0.0602 e. The van der Waals surface area contributed by atoms with Gasteiger partial charge in [0.05, 0.1) is 29.3 Å². The van der Waals surface area contributed by atoms with Gasteiger partial charge in [-0.3, -0.25) is 5.01 Å². The average molecular weight is 459 g/mol. The van der Waals surface area contributed by atoms with Crippen LogP contribution in [0.25, 0.3) is 0 Å². The predicted octanol–water partition coefficient (Wildman–Crippen LogP) is 6.27. The van der Waals surface area contributed by atoms with E-state index in [0.717, 1.165) is 53.8 Å². The Morgan fingerprint density at radius 2 is 1.35 bits per heavy atom. The van der Waals surface area contributed by atoms with E-state index in [0.29, 0.717) is 0 Å². The number of hydrazone groups is 1. The summed E-state index contributed by atoms with van der Waals surface area (Å²) in [5.41, 5.74) is 7.72. The zero-order chi connectivity index (χ0) is 24.5. The zero-order valence-corrected chi connectivity index (χ0v) is 21.3. The molecule has 0 saturated carbocycles. The molecule has 0 atom stereocenters. The minimum atomic E-state index is 0.742. The molecule has 180 valence electrons. The minimum absolute atomic E-state index is 0.742. The minimum Gasteiger partial charge on any atom is -0.386 e. The van der Waals surface area contributed by atoms with Gasteiger partial charge in [-0.25, -0.2) is 0 Å². The van der Waals surface area contributed by atoms with Crippen molar-refractivity contribution in [2.75, 3.05) is 66.2 Å². The molecule has 3 rings (SSSR count). The molecule has 6 heteroatoms. The Hall–Kier alpha value is -3.67. The molecule has 3 aromatic carbocycles. The van der Waals surface area contributed by atoms with Gasteiger partial charge in [0.15, 0.2) is 0 Å². The SMILES string of the molecule is CCN(CC)c1ccc(Nc2ccc(N(C)/N=C(\C)CN(C)c3ccccc3NC)cc2)cc1. The second-order valence-electron chi connectivity index (χ2n) is 8.37. The van der Waals surface area contributed by atoms with E-state index in [9.17, 15) is 0 Å². The molecule has 0 unspecified atom stereocenters.